The number of imidazole rings is 1. The Morgan fingerprint density at radius 2 is 1.89 bits per heavy atom. The number of nitrogens with zero attached hydrogens (tertiary/aromatic N) is 2. The van der Waals surface area contributed by atoms with E-state index in [4.69, 9.17) is 0 Å². The number of hydrogen-bond donors (Lipinski definition) is 0. The third kappa shape index (κ3) is 1.96. The number of aryl methyl sites for hydroxylation is 1. The summed E-state index contributed by atoms with van der Waals surface area (Å²) in [5, 5.41) is 0. The molecule has 0 fully saturated rings. The summed E-state index contributed by atoms with van der Waals surface area (Å²) in [4.78, 5) is 4.61. The molecule has 0 saturated heterocycles. The van der Waals surface area contributed by atoms with Gasteiger partial charge < -0.3 is 4.57 Å². The molecule has 1 aliphatic rings. The van der Waals surface area contributed by atoms with E-state index in [0.29, 0.717) is 5.92 Å². The monoisotopic (exact) mass is 240 g/mol. The average molecular weight is 240 g/mol. The van der Waals surface area contributed by atoms with E-state index < -0.39 is 0 Å². The molecular formula is C16H20N2. The van der Waals surface area contributed by atoms with Crippen molar-refractivity contribution in [3.8, 4) is 11.4 Å². The van der Waals surface area contributed by atoms with E-state index in [9.17, 15) is 0 Å². The normalized spacial score (nSPS) is 14.8. The van der Waals surface area contributed by atoms with Crippen molar-refractivity contribution in [1.29, 1.82) is 0 Å². The first-order valence-electron chi connectivity index (χ1n) is 6.90. The first-order chi connectivity index (χ1) is 8.75. The Hall–Kier alpha value is -1.57. The molecule has 1 aliphatic heterocycles. The van der Waals surface area contributed by atoms with Gasteiger partial charge in [0.1, 0.15) is 5.82 Å². The second-order valence-corrected chi connectivity index (χ2v) is 5.46. The Kier molecular flexibility index (Phi) is 2.94. The maximum Gasteiger partial charge on any atom is 0.140 e. The summed E-state index contributed by atoms with van der Waals surface area (Å²) >= 11 is 0. The van der Waals surface area contributed by atoms with Crippen molar-refractivity contribution in [3.63, 3.8) is 0 Å². The van der Waals surface area contributed by atoms with Gasteiger partial charge in [-0.15, -0.1) is 0 Å². The molecule has 2 heteroatoms. The van der Waals surface area contributed by atoms with Crippen LogP contribution in [0.4, 0.5) is 0 Å². The van der Waals surface area contributed by atoms with Crippen LogP contribution in [0.3, 0.4) is 0 Å². The fraction of sp³-hybridized carbons (Fsp3) is 0.438. The molecule has 0 spiro atoms. The Balaban J connectivity index is 1.97. The van der Waals surface area contributed by atoms with Crippen LogP contribution in [-0.4, -0.2) is 9.55 Å². The lowest BCUT2D eigenvalue weighted by atomic mass is 10.0. The smallest absolute Gasteiger partial charge is 0.140 e. The quantitative estimate of drug-likeness (QED) is 0.775. The molecular weight excluding hydrogens is 220 g/mol. The summed E-state index contributed by atoms with van der Waals surface area (Å²) in [5.74, 6) is 1.73. The molecule has 1 aromatic carbocycles. The average Bonchev–Trinajstić information content (AvgIpc) is 2.82. The van der Waals surface area contributed by atoms with Crippen molar-refractivity contribution in [2.45, 2.75) is 45.6 Å². The topological polar surface area (TPSA) is 17.8 Å². The highest BCUT2D eigenvalue weighted by molar-refractivity contribution is 5.57. The van der Waals surface area contributed by atoms with E-state index in [1.807, 2.05) is 6.20 Å². The van der Waals surface area contributed by atoms with Gasteiger partial charge >= 0.3 is 0 Å². The molecule has 2 heterocycles. The van der Waals surface area contributed by atoms with Crippen LogP contribution in [0.25, 0.3) is 11.4 Å². The fourth-order valence-corrected chi connectivity index (χ4v) is 2.68. The zero-order valence-corrected chi connectivity index (χ0v) is 11.2. The first-order valence-corrected chi connectivity index (χ1v) is 6.90. The Bertz CT molecular complexity index is 535. The van der Waals surface area contributed by atoms with Crippen LogP contribution in [0.2, 0.25) is 0 Å². The third-order valence-electron chi connectivity index (χ3n) is 3.84. The summed E-state index contributed by atoms with van der Waals surface area (Å²) in [7, 11) is 0. The summed E-state index contributed by atoms with van der Waals surface area (Å²) in [6.07, 6.45) is 5.81. The molecule has 0 unspecified atom stereocenters. The zero-order chi connectivity index (χ0) is 12.5. The molecule has 2 nitrogen and oxygen atoms in total. The molecule has 3 rings (SSSR count). The molecule has 0 saturated carbocycles. The summed E-state index contributed by atoms with van der Waals surface area (Å²) in [5.41, 5.74) is 4.03. The third-order valence-corrected chi connectivity index (χ3v) is 3.84. The van der Waals surface area contributed by atoms with E-state index in [1.165, 1.54) is 36.1 Å². The summed E-state index contributed by atoms with van der Waals surface area (Å²) < 4.78 is 2.38. The van der Waals surface area contributed by atoms with E-state index >= 15 is 0 Å². The van der Waals surface area contributed by atoms with Gasteiger partial charge in [0, 0.05) is 24.0 Å². The number of fused-ring (bicyclic) bond motifs is 1. The number of aromatic nitrogens is 2. The minimum atomic E-state index is 0.591. The van der Waals surface area contributed by atoms with Crippen molar-refractivity contribution in [3.05, 3.63) is 41.7 Å². The second kappa shape index (κ2) is 4.60. The van der Waals surface area contributed by atoms with E-state index in [1.54, 1.807) is 0 Å². The van der Waals surface area contributed by atoms with Crippen molar-refractivity contribution < 1.29 is 0 Å². The Labute approximate surface area is 109 Å². The maximum absolute atomic E-state index is 4.61. The largest absolute Gasteiger partial charge is 0.328 e. The highest BCUT2D eigenvalue weighted by Crippen LogP contribution is 2.25. The fourth-order valence-electron chi connectivity index (χ4n) is 2.68. The van der Waals surface area contributed by atoms with Gasteiger partial charge in [-0.1, -0.05) is 38.1 Å². The zero-order valence-electron chi connectivity index (χ0n) is 11.2. The predicted molar refractivity (Wildman–Crippen MR) is 74.7 cm³/mol. The molecule has 0 aliphatic carbocycles. The molecule has 1 aromatic heterocycles. The van der Waals surface area contributed by atoms with Crippen LogP contribution < -0.4 is 0 Å². The van der Waals surface area contributed by atoms with Crippen LogP contribution in [-0.2, 0) is 13.0 Å². The lowest BCUT2D eigenvalue weighted by molar-refractivity contribution is 0.536. The van der Waals surface area contributed by atoms with Crippen LogP contribution in [0.5, 0.6) is 0 Å². The minimum Gasteiger partial charge on any atom is -0.328 e. The van der Waals surface area contributed by atoms with E-state index in [0.717, 1.165) is 12.4 Å². The van der Waals surface area contributed by atoms with Gasteiger partial charge in [-0.3, -0.25) is 0 Å². The van der Waals surface area contributed by atoms with Gasteiger partial charge in [-0.2, -0.15) is 0 Å². The van der Waals surface area contributed by atoms with Gasteiger partial charge in [-0.25, -0.2) is 4.98 Å². The maximum atomic E-state index is 4.61. The highest BCUT2D eigenvalue weighted by Gasteiger charge is 2.14. The van der Waals surface area contributed by atoms with Gasteiger partial charge in [0.25, 0.3) is 0 Å². The molecule has 0 bridgehead atoms. The van der Waals surface area contributed by atoms with Crippen molar-refractivity contribution in [2.75, 3.05) is 0 Å². The SMILES string of the molecule is CC(C)c1ccc(-c2ncc3n2CCCC3)cc1. The van der Waals surface area contributed by atoms with E-state index in [2.05, 4.69) is 47.7 Å². The summed E-state index contributed by atoms with van der Waals surface area (Å²) in [6, 6.07) is 8.87. The first kappa shape index (κ1) is 11.5. The Morgan fingerprint density at radius 3 is 2.61 bits per heavy atom. The molecule has 0 atom stereocenters. The predicted octanol–water partition coefficient (Wildman–Crippen LogP) is 4.01. The van der Waals surface area contributed by atoms with Crippen molar-refractivity contribution in [2.24, 2.45) is 0 Å². The molecule has 0 amide bonds. The molecule has 2 aromatic rings. The van der Waals surface area contributed by atoms with Crippen LogP contribution in [0.15, 0.2) is 30.5 Å². The van der Waals surface area contributed by atoms with Gasteiger partial charge in [0.15, 0.2) is 0 Å². The minimum absolute atomic E-state index is 0.591. The number of rotatable bonds is 2. The van der Waals surface area contributed by atoms with E-state index in [-0.39, 0.29) is 0 Å². The summed E-state index contributed by atoms with van der Waals surface area (Å²) in [6.45, 7) is 5.58. The number of hydrogen-bond acceptors (Lipinski definition) is 1. The van der Waals surface area contributed by atoms with Gasteiger partial charge in [0.2, 0.25) is 0 Å². The lowest BCUT2D eigenvalue weighted by Crippen LogP contribution is -2.10. The second-order valence-electron chi connectivity index (χ2n) is 5.46. The molecule has 18 heavy (non-hydrogen) atoms. The molecule has 0 radical (unpaired) electrons. The highest BCUT2D eigenvalue weighted by atomic mass is 15.1. The molecule has 0 N–H and O–H groups in total. The van der Waals surface area contributed by atoms with Crippen LogP contribution >= 0.6 is 0 Å². The standard InChI is InChI=1S/C16H20N2/c1-12(2)13-6-8-14(9-7-13)16-17-11-15-5-3-4-10-18(15)16/h6-9,11-12H,3-5,10H2,1-2H3. The van der Waals surface area contributed by atoms with Gasteiger partial charge in [-0.05, 0) is 30.7 Å². The lowest BCUT2D eigenvalue weighted by Gasteiger charge is -2.16. The van der Waals surface area contributed by atoms with Crippen molar-refractivity contribution in [1.82, 2.24) is 9.55 Å². The Morgan fingerprint density at radius 1 is 1.11 bits per heavy atom. The van der Waals surface area contributed by atoms with Crippen molar-refractivity contribution >= 4 is 0 Å². The van der Waals surface area contributed by atoms with Crippen LogP contribution in [0, 0.1) is 0 Å². The van der Waals surface area contributed by atoms with Crippen LogP contribution in [0.1, 0.15) is 43.9 Å². The van der Waals surface area contributed by atoms with Gasteiger partial charge in [0.05, 0.1) is 0 Å². The number of benzene rings is 1. The molecule has 94 valence electrons.